The lowest BCUT2D eigenvalue weighted by Gasteiger charge is -2.17. The van der Waals surface area contributed by atoms with Crippen LogP contribution in [-0.2, 0) is 0 Å². The predicted molar refractivity (Wildman–Crippen MR) is 91.1 cm³/mol. The average Bonchev–Trinajstić information content (AvgIpc) is 2.94. The van der Waals surface area contributed by atoms with Crippen LogP contribution in [0.3, 0.4) is 0 Å². The maximum atomic E-state index is 5.54. The zero-order valence-corrected chi connectivity index (χ0v) is 14.4. The molecule has 0 aliphatic carbocycles. The molecule has 0 N–H and O–H groups in total. The van der Waals surface area contributed by atoms with Crippen LogP contribution in [0.2, 0.25) is 0 Å². The van der Waals surface area contributed by atoms with Gasteiger partial charge in [0, 0.05) is 5.56 Å². The lowest BCUT2D eigenvalue weighted by Crippen LogP contribution is -2.00. The molecule has 0 fully saturated rings. The van der Waals surface area contributed by atoms with Gasteiger partial charge in [-0.15, -0.1) is 11.3 Å². The highest BCUT2D eigenvalue weighted by Gasteiger charge is 2.16. The van der Waals surface area contributed by atoms with Gasteiger partial charge in [-0.25, -0.2) is 0 Å². The zero-order valence-electron chi connectivity index (χ0n) is 13.6. The van der Waals surface area contributed by atoms with Gasteiger partial charge in [-0.1, -0.05) is 65.2 Å². The third-order valence-corrected chi connectivity index (χ3v) is 4.98. The van der Waals surface area contributed by atoms with Crippen LogP contribution in [0.25, 0.3) is 0 Å². The van der Waals surface area contributed by atoms with Gasteiger partial charge in [0.2, 0.25) is 0 Å². The van der Waals surface area contributed by atoms with Crippen LogP contribution in [0.5, 0.6) is 5.06 Å². The van der Waals surface area contributed by atoms with Gasteiger partial charge in [0.05, 0.1) is 7.11 Å². The number of methoxy groups -OCH3 is 1. The van der Waals surface area contributed by atoms with Gasteiger partial charge in [0.25, 0.3) is 0 Å². The second kappa shape index (κ2) is 11.2. The molecule has 1 heterocycles. The monoisotopic (exact) mass is 296 g/mol. The van der Waals surface area contributed by atoms with Crippen LogP contribution < -0.4 is 4.74 Å². The van der Waals surface area contributed by atoms with Gasteiger partial charge in [-0.05, 0) is 30.2 Å². The summed E-state index contributed by atoms with van der Waals surface area (Å²) in [6.07, 6.45) is 13.6. The van der Waals surface area contributed by atoms with Crippen molar-refractivity contribution in [2.75, 3.05) is 7.11 Å². The minimum Gasteiger partial charge on any atom is -0.487 e. The summed E-state index contributed by atoms with van der Waals surface area (Å²) in [5.41, 5.74) is 1.46. The Hall–Kier alpha value is -0.500. The van der Waals surface area contributed by atoms with Crippen molar-refractivity contribution in [2.24, 2.45) is 0 Å². The Labute approximate surface area is 129 Å². The average molecular weight is 297 g/mol. The smallest absolute Gasteiger partial charge is 0.176 e. The molecule has 0 radical (unpaired) electrons. The highest BCUT2D eigenvalue weighted by atomic mass is 32.1. The summed E-state index contributed by atoms with van der Waals surface area (Å²) < 4.78 is 5.54. The maximum Gasteiger partial charge on any atom is 0.176 e. The minimum absolute atomic E-state index is 0.713. The molecule has 20 heavy (non-hydrogen) atoms. The van der Waals surface area contributed by atoms with Crippen LogP contribution in [0, 0.1) is 0 Å². The Kier molecular flexibility index (Phi) is 9.82. The largest absolute Gasteiger partial charge is 0.487 e. The normalized spacial score (nSPS) is 11.2. The lowest BCUT2D eigenvalue weighted by molar-refractivity contribution is 0.410. The molecule has 1 aromatic rings. The quantitative estimate of drug-likeness (QED) is 0.386. The summed E-state index contributed by atoms with van der Waals surface area (Å²) >= 11 is 1.74. The number of hydrogen-bond donors (Lipinski definition) is 0. The SMILES string of the molecule is CCCCCCC(CCCCCC)c1ccsc1OC. The Morgan fingerprint density at radius 2 is 1.55 bits per heavy atom. The second-order valence-electron chi connectivity index (χ2n) is 5.76. The molecule has 1 nitrogen and oxygen atoms in total. The van der Waals surface area contributed by atoms with Gasteiger partial charge in [0.1, 0.15) is 0 Å². The van der Waals surface area contributed by atoms with Crippen molar-refractivity contribution < 1.29 is 4.74 Å². The van der Waals surface area contributed by atoms with Crippen molar-refractivity contribution in [1.82, 2.24) is 0 Å². The van der Waals surface area contributed by atoms with Crippen molar-refractivity contribution in [1.29, 1.82) is 0 Å². The molecule has 116 valence electrons. The highest BCUT2D eigenvalue weighted by molar-refractivity contribution is 7.12. The van der Waals surface area contributed by atoms with E-state index in [9.17, 15) is 0 Å². The van der Waals surface area contributed by atoms with Gasteiger partial charge in [0.15, 0.2) is 5.06 Å². The molecule has 0 saturated carbocycles. The van der Waals surface area contributed by atoms with Crippen LogP contribution >= 0.6 is 11.3 Å². The van der Waals surface area contributed by atoms with Gasteiger partial charge >= 0.3 is 0 Å². The Bertz CT molecular complexity index is 320. The van der Waals surface area contributed by atoms with E-state index >= 15 is 0 Å². The molecule has 2 heteroatoms. The van der Waals surface area contributed by atoms with Crippen LogP contribution in [0.1, 0.15) is 89.5 Å². The molecule has 0 aromatic carbocycles. The van der Waals surface area contributed by atoms with Crippen LogP contribution in [-0.4, -0.2) is 7.11 Å². The van der Waals surface area contributed by atoms with Gasteiger partial charge < -0.3 is 4.74 Å². The van der Waals surface area contributed by atoms with E-state index in [4.69, 9.17) is 4.74 Å². The fourth-order valence-electron chi connectivity index (χ4n) is 2.86. The summed E-state index contributed by atoms with van der Waals surface area (Å²) in [6.45, 7) is 4.56. The fraction of sp³-hybridized carbons (Fsp3) is 0.778. The molecule has 0 saturated heterocycles. The summed E-state index contributed by atoms with van der Waals surface area (Å²) in [7, 11) is 1.81. The topological polar surface area (TPSA) is 9.23 Å². The summed E-state index contributed by atoms with van der Waals surface area (Å²) in [5, 5.41) is 3.32. The van der Waals surface area contributed by atoms with E-state index in [0.29, 0.717) is 5.92 Å². The summed E-state index contributed by atoms with van der Waals surface area (Å²) in [4.78, 5) is 0. The molecule has 0 bridgehead atoms. The van der Waals surface area contributed by atoms with Gasteiger partial charge in [-0.2, -0.15) is 0 Å². The molecule has 1 aromatic heterocycles. The number of unbranched alkanes of at least 4 members (excludes halogenated alkanes) is 6. The Balaban J connectivity index is 2.49. The first-order valence-corrected chi connectivity index (χ1v) is 9.32. The van der Waals surface area contributed by atoms with Crippen molar-refractivity contribution in [3.63, 3.8) is 0 Å². The molecule has 1 rings (SSSR count). The first-order chi connectivity index (χ1) is 9.83. The minimum atomic E-state index is 0.713. The number of hydrogen-bond acceptors (Lipinski definition) is 2. The van der Waals surface area contributed by atoms with E-state index < -0.39 is 0 Å². The zero-order chi connectivity index (χ0) is 14.6. The van der Waals surface area contributed by atoms with E-state index in [-0.39, 0.29) is 0 Å². The molecule has 0 aliphatic rings. The van der Waals surface area contributed by atoms with Crippen molar-refractivity contribution in [3.05, 3.63) is 17.0 Å². The molecule has 0 spiro atoms. The Morgan fingerprint density at radius 3 is 2.05 bits per heavy atom. The van der Waals surface area contributed by atoms with E-state index in [1.54, 1.807) is 18.4 Å². The number of thiophene rings is 1. The highest BCUT2D eigenvalue weighted by Crippen LogP contribution is 2.37. The summed E-state index contributed by atoms with van der Waals surface area (Å²) in [6, 6.07) is 2.29. The van der Waals surface area contributed by atoms with Crippen molar-refractivity contribution in [3.8, 4) is 5.06 Å². The molecule has 0 aliphatic heterocycles. The molecular formula is C18H32OS. The first kappa shape index (κ1) is 17.6. The second-order valence-corrected chi connectivity index (χ2v) is 6.64. The van der Waals surface area contributed by atoms with E-state index in [1.165, 1.54) is 69.8 Å². The van der Waals surface area contributed by atoms with Crippen LogP contribution in [0.4, 0.5) is 0 Å². The lowest BCUT2D eigenvalue weighted by atomic mass is 9.89. The van der Waals surface area contributed by atoms with Crippen molar-refractivity contribution in [2.45, 2.75) is 84.0 Å². The number of rotatable bonds is 12. The maximum absolute atomic E-state index is 5.54. The molecule has 0 atom stereocenters. The van der Waals surface area contributed by atoms with E-state index in [0.717, 1.165) is 5.06 Å². The fourth-order valence-corrected chi connectivity index (χ4v) is 3.67. The molecular weight excluding hydrogens is 264 g/mol. The number of ether oxygens (including phenoxy) is 1. The third-order valence-electron chi connectivity index (χ3n) is 4.10. The van der Waals surface area contributed by atoms with E-state index in [1.807, 2.05) is 0 Å². The molecule has 0 amide bonds. The van der Waals surface area contributed by atoms with Crippen molar-refractivity contribution >= 4 is 11.3 Å². The van der Waals surface area contributed by atoms with Crippen LogP contribution in [0.15, 0.2) is 11.4 Å². The third kappa shape index (κ3) is 6.30. The Morgan fingerprint density at radius 1 is 0.950 bits per heavy atom. The standard InChI is InChI=1S/C18H32OS/c1-4-6-8-10-12-16(13-11-9-7-5-2)17-14-15-20-18(17)19-3/h14-16H,4-13H2,1-3H3. The van der Waals surface area contributed by atoms with E-state index in [2.05, 4.69) is 25.3 Å². The predicted octanol–water partition coefficient (Wildman–Crippen LogP) is 6.78. The first-order valence-electron chi connectivity index (χ1n) is 8.44. The summed E-state index contributed by atoms with van der Waals surface area (Å²) in [5.74, 6) is 0.713. The molecule has 0 unspecified atom stereocenters. The van der Waals surface area contributed by atoms with Gasteiger partial charge in [-0.3, -0.25) is 0 Å².